The first kappa shape index (κ1) is 8.67. The lowest BCUT2D eigenvalue weighted by Gasteiger charge is -2.04. The second-order valence-corrected chi connectivity index (χ2v) is 3.76. The van der Waals surface area contributed by atoms with Gasteiger partial charge in [-0.05, 0) is 31.2 Å². The molecular formula is C11H16N2. The van der Waals surface area contributed by atoms with Gasteiger partial charge in [-0.2, -0.15) is 0 Å². The molecule has 2 nitrogen and oxygen atoms in total. The van der Waals surface area contributed by atoms with E-state index in [1.54, 1.807) is 6.33 Å². The van der Waals surface area contributed by atoms with Crippen LogP contribution in [0.3, 0.4) is 0 Å². The molecule has 0 saturated heterocycles. The van der Waals surface area contributed by atoms with Gasteiger partial charge in [0.2, 0.25) is 0 Å². The lowest BCUT2D eigenvalue weighted by atomic mass is 10.1. The van der Waals surface area contributed by atoms with Crippen LogP contribution in [0.25, 0.3) is 0 Å². The van der Waals surface area contributed by atoms with Crippen molar-refractivity contribution in [3.05, 3.63) is 23.8 Å². The van der Waals surface area contributed by atoms with Crippen LogP contribution in [0, 0.1) is 0 Å². The van der Waals surface area contributed by atoms with Gasteiger partial charge in [-0.3, -0.25) is 0 Å². The summed E-state index contributed by atoms with van der Waals surface area (Å²) in [7, 11) is 0. The monoisotopic (exact) mass is 176 g/mol. The predicted octanol–water partition coefficient (Wildman–Crippen LogP) is 2.53. The SMILES string of the molecule is c1ncc2c(n1)CCCCCCC2. The van der Waals surface area contributed by atoms with Crippen molar-refractivity contribution in [2.24, 2.45) is 0 Å². The Morgan fingerprint density at radius 3 is 2.62 bits per heavy atom. The van der Waals surface area contributed by atoms with Crippen LogP contribution in [0.1, 0.15) is 43.4 Å². The molecule has 0 saturated carbocycles. The highest BCUT2D eigenvalue weighted by Gasteiger charge is 2.06. The van der Waals surface area contributed by atoms with Gasteiger partial charge in [-0.15, -0.1) is 0 Å². The van der Waals surface area contributed by atoms with Crippen LogP contribution in [0.4, 0.5) is 0 Å². The van der Waals surface area contributed by atoms with Gasteiger partial charge in [0, 0.05) is 11.9 Å². The number of fused-ring (bicyclic) bond motifs is 1. The van der Waals surface area contributed by atoms with E-state index < -0.39 is 0 Å². The molecule has 1 aromatic heterocycles. The van der Waals surface area contributed by atoms with Crippen molar-refractivity contribution in [1.82, 2.24) is 9.97 Å². The first-order valence-electron chi connectivity index (χ1n) is 5.24. The molecule has 0 atom stereocenters. The maximum absolute atomic E-state index is 4.35. The molecule has 1 aliphatic rings. The van der Waals surface area contributed by atoms with Crippen LogP contribution in [0.5, 0.6) is 0 Å². The fourth-order valence-corrected chi connectivity index (χ4v) is 1.96. The molecule has 1 heterocycles. The Morgan fingerprint density at radius 1 is 0.923 bits per heavy atom. The van der Waals surface area contributed by atoms with Crippen molar-refractivity contribution in [3.8, 4) is 0 Å². The minimum Gasteiger partial charge on any atom is -0.245 e. The fourth-order valence-electron chi connectivity index (χ4n) is 1.96. The van der Waals surface area contributed by atoms with Crippen molar-refractivity contribution in [1.29, 1.82) is 0 Å². The first-order valence-corrected chi connectivity index (χ1v) is 5.24. The normalized spacial score (nSPS) is 18.2. The van der Waals surface area contributed by atoms with Crippen molar-refractivity contribution < 1.29 is 0 Å². The Kier molecular flexibility index (Phi) is 2.90. The average molecular weight is 176 g/mol. The van der Waals surface area contributed by atoms with Gasteiger partial charge < -0.3 is 0 Å². The number of hydrogen-bond acceptors (Lipinski definition) is 2. The average Bonchev–Trinajstić information content (AvgIpc) is 2.28. The van der Waals surface area contributed by atoms with E-state index in [4.69, 9.17) is 0 Å². The Morgan fingerprint density at radius 2 is 1.69 bits per heavy atom. The van der Waals surface area contributed by atoms with Crippen molar-refractivity contribution in [2.75, 3.05) is 0 Å². The van der Waals surface area contributed by atoms with E-state index in [2.05, 4.69) is 9.97 Å². The highest BCUT2D eigenvalue weighted by atomic mass is 14.8. The molecule has 0 bridgehead atoms. The van der Waals surface area contributed by atoms with Crippen LogP contribution < -0.4 is 0 Å². The van der Waals surface area contributed by atoms with E-state index in [-0.39, 0.29) is 0 Å². The summed E-state index contributed by atoms with van der Waals surface area (Å²) < 4.78 is 0. The number of rotatable bonds is 0. The molecule has 70 valence electrons. The van der Waals surface area contributed by atoms with Crippen LogP contribution in [-0.2, 0) is 12.8 Å². The minimum absolute atomic E-state index is 1.15. The van der Waals surface area contributed by atoms with E-state index in [9.17, 15) is 0 Å². The van der Waals surface area contributed by atoms with Gasteiger partial charge in [0.15, 0.2) is 0 Å². The second-order valence-electron chi connectivity index (χ2n) is 3.76. The summed E-state index contributed by atoms with van der Waals surface area (Å²) in [6.07, 6.45) is 12.7. The van der Waals surface area contributed by atoms with Crippen molar-refractivity contribution in [2.45, 2.75) is 44.9 Å². The van der Waals surface area contributed by atoms with E-state index in [0.717, 1.165) is 6.42 Å². The second kappa shape index (κ2) is 4.35. The molecule has 0 spiro atoms. The lowest BCUT2D eigenvalue weighted by molar-refractivity contribution is 0.628. The largest absolute Gasteiger partial charge is 0.245 e. The molecule has 1 aromatic rings. The molecule has 2 heteroatoms. The zero-order valence-electron chi connectivity index (χ0n) is 8.00. The van der Waals surface area contributed by atoms with Crippen LogP contribution in [0.2, 0.25) is 0 Å². The molecule has 0 radical (unpaired) electrons. The van der Waals surface area contributed by atoms with E-state index in [1.165, 1.54) is 49.8 Å². The Hall–Kier alpha value is -0.920. The van der Waals surface area contributed by atoms with E-state index in [0.29, 0.717) is 0 Å². The van der Waals surface area contributed by atoms with Gasteiger partial charge in [-0.1, -0.05) is 19.3 Å². The summed E-state index contributed by atoms with van der Waals surface area (Å²) in [5.74, 6) is 0. The van der Waals surface area contributed by atoms with Gasteiger partial charge in [-0.25, -0.2) is 9.97 Å². The number of aryl methyl sites for hydroxylation is 2. The van der Waals surface area contributed by atoms with Gasteiger partial charge in [0.1, 0.15) is 6.33 Å². The van der Waals surface area contributed by atoms with E-state index >= 15 is 0 Å². The first-order chi connectivity index (χ1) is 6.47. The third kappa shape index (κ3) is 2.27. The Balaban J connectivity index is 2.17. The molecule has 0 aliphatic heterocycles. The van der Waals surface area contributed by atoms with Crippen LogP contribution >= 0.6 is 0 Å². The maximum Gasteiger partial charge on any atom is 0.115 e. The Bertz CT molecular complexity index is 244. The molecule has 0 amide bonds. The van der Waals surface area contributed by atoms with Crippen LogP contribution in [0.15, 0.2) is 12.5 Å². The van der Waals surface area contributed by atoms with E-state index in [1.807, 2.05) is 6.20 Å². The predicted molar refractivity (Wildman–Crippen MR) is 52.5 cm³/mol. The Labute approximate surface area is 79.4 Å². The lowest BCUT2D eigenvalue weighted by Crippen LogP contribution is -1.98. The summed E-state index contributed by atoms with van der Waals surface area (Å²) in [6, 6.07) is 0. The van der Waals surface area contributed by atoms with Crippen molar-refractivity contribution >= 4 is 0 Å². The molecule has 1 aliphatic carbocycles. The van der Waals surface area contributed by atoms with Crippen LogP contribution in [-0.4, -0.2) is 9.97 Å². The molecular weight excluding hydrogens is 160 g/mol. The highest BCUT2D eigenvalue weighted by Crippen LogP contribution is 2.16. The summed E-state index contributed by atoms with van der Waals surface area (Å²) in [5, 5.41) is 0. The topological polar surface area (TPSA) is 25.8 Å². The van der Waals surface area contributed by atoms with Gasteiger partial charge in [0.25, 0.3) is 0 Å². The highest BCUT2D eigenvalue weighted by molar-refractivity contribution is 5.16. The smallest absolute Gasteiger partial charge is 0.115 e. The molecule has 2 rings (SSSR count). The maximum atomic E-state index is 4.35. The summed E-state index contributed by atoms with van der Waals surface area (Å²) in [6.45, 7) is 0. The zero-order valence-corrected chi connectivity index (χ0v) is 8.00. The molecule has 0 fully saturated rings. The van der Waals surface area contributed by atoms with Gasteiger partial charge in [0.05, 0.1) is 0 Å². The zero-order chi connectivity index (χ0) is 8.93. The molecule has 13 heavy (non-hydrogen) atoms. The van der Waals surface area contributed by atoms with Gasteiger partial charge >= 0.3 is 0 Å². The molecule has 0 N–H and O–H groups in total. The summed E-state index contributed by atoms with van der Waals surface area (Å²) in [4.78, 5) is 8.44. The third-order valence-corrected chi connectivity index (χ3v) is 2.74. The fraction of sp³-hybridized carbons (Fsp3) is 0.636. The molecule has 0 aromatic carbocycles. The van der Waals surface area contributed by atoms with Crippen molar-refractivity contribution in [3.63, 3.8) is 0 Å². The summed E-state index contributed by atoms with van der Waals surface area (Å²) in [5.41, 5.74) is 2.67. The quantitative estimate of drug-likeness (QED) is 0.607. The third-order valence-electron chi connectivity index (χ3n) is 2.74. The number of nitrogens with zero attached hydrogens (tertiary/aromatic N) is 2. The minimum atomic E-state index is 1.15. The number of aromatic nitrogens is 2. The molecule has 0 unspecified atom stereocenters. The number of hydrogen-bond donors (Lipinski definition) is 0. The summed E-state index contributed by atoms with van der Waals surface area (Å²) >= 11 is 0. The standard InChI is InChI=1S/C11H16N2/c1-2-4-6-10-8-12-9-13-11(10)7-5-3-1/h8-9H,1-7H2.